The van der Waals surface area contributed by atoms with Gasteiger partial charge >= 0.3 is 0 Å². The van der Waals surface area contributed by atoms with E-state index in [0.29, 0.717) is 6.04 Å². The molecule has 1 N–H and O–H groups in total. The molecule has 0 bridgehead atoms. The molecular weight excluding hydrogens is 390 g/mol. The SMILES string of the molecule is CCCNC(Cc1ccccc1Br)c1ccc(Br)c(C)c1. The van der Waals surface area contributed by atoms with E-state index in [1.165, 1.54) is 25.6 Å². The van der Waals surface area contributed by atoms with Gasteiger partial charge in [0.2, 0.25) is 0 Å². The summed E-state index contributed by atoms with van der Waals surface area (Å²) in [5.41, 5.74) is 3.97. The van der Waals surface area contributed by atoms with Gasteiger partial charge in [-0.05, 0) is 55.1 Å². The van der Waals surface area contributed by atoms with E-state index in [1.54, 1.807) is 0 Å². The lowest BCUT2D eigenvalue weighted by molar-refractivity contribution is 0.528. The summed E-state index contributed by atoms with van der Waals surface area (Å²) in [6.45, 7) is 5.38. The van der Waals surface area contributed by atoms with E-state index >= 15 is 0 Å². The predicted octanol–water partition coefficient (Wildman–Crippen LogP) is 5.80. The fourth-order valence-corrected chi connectivity index (χ4v) is 3.09. The molecule has 0 heterocycles. The van der Waals surface area contributed by atoms with Crippen LogP contribution in [0.2, 0.25) is 0 Å². The molecule has 1 unspecified atom stereocenters. The van der Waals surface area contributed by atoms with Crippen LogP contribution in [0.25, 0.3) is 0 Å². The van der Waals surface area contributed by atoms with Crippen LogP contribution in [0.1, 0.15) is 36.1 Å². The predicted molar refractivity (Wildman–Crippen MR) is 97.8 cm³/mol. The Hall–Kier alpha value is -0.640. The first-order valence-electron chi connectivity index (χ1n) is 7.34. The molecule has 0 aliphatic rings. The molecule has 2 aromatic rings. The fraction of sp³-hybridized carbons (Fsp3) is 0.333. The number of hydrogen-bond acceptors (Lipinski definition) is 1. The van der Waals surface area contributed by atoms with Crippen molar-refractivity contribution in [2.24, 2.45) is 0 Å². The first-order chi connectivity index (χ1) is 10.1. The van der Waals surface area contributed by atoms with Gasteiger partial charge in [-0.15, -0.1) is 0 Å². The topological polar surface area (TPSA) is 12.0 Å². The van der Waals surface area contributed by atoms with Crippen molar-refractivity contribution in [1.82, 2.24) is 5.32 Å². The summed E-state index contributed by atoms with van der Waals surface area (Å²) in [4.78, 5) is 0. The van der Waals surface area contributed by atoms with Crippen molar-refractivity contribution in [2.45, 2.75) is 32.7 Å². The number of nitrogens with one attached hydrogen (secondary N) is 1. The number of aryl methyl sites for hydroxylation is 1. The van der Waals surface area contributed by atoms with Gasteiger partial charge in [-0.1, -0.05) is 69.1 Å². The Morgan fingerprint density at radius 1 is 1.05 bits per heavy atom. The zero-order valence-electron chi connectivity index (χ0n) is 12.5. The summed E-state index contributed by atoms with van der Waals surface area (Å²) < 4.78 is 2.35. The van der Waals surface area contributed by atoms with Crippen molar-refractivity contribution >= 4 is 31.9 Å². The zero-order chi connectivity index (χ0) is 15.2. The van der Waals surface area contributed by atoms with Crippen LogP contribution in [0.15, 0.2) is 51.4 Å². The minimum atomic E-state index is 0.343. The van der Waals surface area contributed by atoms with Crippen LogP contribution in [-0.4, -0.2) is 6.54 Å². The first kappa shape index (κ1) is 16.7. The maximum absolute atomic E-state index is 3.67. The maximum Gasteiger partial charge on any atom is 0.0361 e. The summed E-state index contributed by atoms with van der Waals surface area (Å²) >= 11 is 7.24. The molecule has 0 aliphatic carbocycles. The third kappa shape index (κ3) is 4.67. The number of hydrogen-bond donors (Lipinski definition) is 1. The van der Waals surface area contributed by atoms with Gasteiger partial charge in [-0.25, -0.2) is 0 Å². The Kier molecular flexibility index (Phi) is 6.46. The molecule has 0 aromatic heterocycles. The maximum atomic E-state index is 3.67. The van der Waals surface area contributed by atoms with Gasteiger partial charge in [0.25, 0.3) is 0 Å². The van der Waals surface area contributed by atoms with Gasteiger partial charge < -0.3 is 5.32 Å². The zero-order valence-corrected chi connectivity index (χ0v) is 15.7. The van der Waals surface area contributed by atoms with Crippen LogP contribution in [-0.2, 0) is 6.42 Å². The summed E-state index contributed by atoms with van der Waals surface area (Å²) in [5, 5.41) is 3.67. The van der Waals surface area contributed by atoms with Gasteiger partial charge in [0.05, 0.1) is 0 Å². The second kappa shape index (κ2) is 8.11. The molecule has 0 radical (unpaired) electrons. The summed E-state index contributed by atoms with van der Waals surface area (Å²) in [5.74, 6) is 0. The Balaban J connectivity index is 2.25. The van der Waals surface area contributed by atoms with Crippen LogP contribution in [0.5, 0.6) is 0 Å². The first-order valence-corrected chi connectivity index (χ1v) is 8.93. The van der Waals surface area contributed by atoms with E-state index in [4.69, 9.17) is 0 Å². The standard InChI is InChI=1S/C18H21Br2N/c1-3-10-21-18(12-14-6-4-5-7-17(14)20)15-8-9-16(19)13(2)11-15/h4-9,11,18,21H,3,10,12H2,1-2H3. The molecule has 112 valence electrons. The van der Waals surface area contributed by atoms with Gasteiger partial charge in [0.15, 0.2) is 0 Å². The molecule has 0 fully saturated rings. The minimum Gasteiger partial charge on any atom is -0.310 e. The van der Waals surface area contributed by atoms with Gasteiger partial charge in [0, 0.05) is 15.0 Å². The van der Waals surface area contributed by atoms with Crippen LogP contribution in [0.3, 0.4) is 0 Å². The normalized spacial score (nSPS) is 12.4. The highest BCUT2D eigenvalue weighted by Gasteiger charge is 2.14. The van der Waals surface area contributed by atoms with Crippen molar-refractivity contribution in [1.29, 1.82) is 0 Å². The molecule has 0 saturated carbocycles. The Bertz CT molecular complexity index is 596. The third-order valence-electron chi connectivity index (χ3n) is 3.61. The molecule has 21 heavy (non-hydrogen) atoms. The second-order valence-electron chi connectivity index (χ2n) is 5.31. The van der Waals surface area contributed by atoms with Crippen molar-refractivity contribution in [3.8, 4) is 0 Å². The van der Waals surface area contributed by atoms with Crippen molar-refractivity contribution in [2.75, 3.05) is 6.54 Å². The second-order valence-corrected chi connectivity index (χ2v) is 7.02. The van der Waals surface area contributed by atoms with Crippen molar-refractivity contribution in [3.63, 3.8) is 0 Å². The molecule has 3 heteroatoms. The summed E-state index contributed by atoms with van der Waals surface area (Å²) in [6, 6.07) is 15.4. The molecule has 0 amide bonds. The molecule has 0 saturated heterocycles. The van der Waals surface area contributed by atoms with Gasteiger partial charge in [-0.2, -0.15) is 0 Å². The Labute approximate surface area is 144 Å². The average Bonchev–Trinajstić information content (AvgIpc) is 2.48. The van der Waals surface area contributed by atoms with E-state index in [0.717, 1.165) is 19.4 Å². The lowest BCUT2D eigenvalue weighted by Gasteiger charge is -2.20. The number of halogens is 2. The van der Waals surface area contributed by atoms with E-state index in [1.807, 2.05) is 0 Å². The third-order valence-corrected chi connectivity index (χ3v) is 5.27. The number of rotatable bonds is 6. The molecular formula is C18H21Br2N. The molecule has 2 aromatic carbocycles. The van der Waals surface area contributed by atoms with E-state index in [-0.39, 0.29) is 0 Å². The molecule has 1 nitrogen and oxygen atoms in total. The van der Waals surface area contributed by atoms with E-state index < -0.39 is 0 Å². The molecule has 0 spiro atoms. The molecule has 0 aliphatic heterocycles. The van der Waals surface area contributed by atoms with Crippen molar-refractivity contribution < 1.29 is 0 Å². The van der Waals surface area contributed by atoms with Crippen LogP contribution < -0.4 is 5.32 Å². The highest BCUT2D eigenvalue weighted by atomic mass is 79.9. The summed E-state index contributed by atoms with van der Waals surface area (Å²) in [7, 11) is 0. The fourth-order valence-electron chi connectivity index (χ4n) is 2.39. The summed E-state index contributed by atoms with van der Waals surface area (Å²) in [6.07, 6.45) is 2.13. The number of benzene rings is 2. The van der Waals surface area contributed by atoms with Crippen LogP contribution in [0.4, 0.5) is 0 Å². The van der Waals surface area contributed by atoms with Gasteiger partial charge in [-0.3, -0.25) is 0 Å². The Morgan fingerprint density at radius 3 is 2.48 bits per heavy atom. The average molecular weight is 411 g/mol. The molecule has 2 rings (SSSR count). The lowest BCUT2D eigenvalue weighted by atomic mass is 9.97. The largest absolute Gasteiger partial charge is 0.310 e. The van der Waals surface area contributed by atoms with Crippen molar-refractivity contribution in [3.05, 3.63) is 68.1 Å². The van der Waals surface area contributed by atoms with Crippen LogP contribution >= 0.6 is 31.9 Å². The minimum absolute atomic E-state index is 0.343. The molecule has 1 atom stereocenters. The smallest absolute Gasteiger partial charge is 0.0361 e. The highest BCUT2D eigenvalue weighted by Crippen LogP contribution is 2.26. The monoisotopic (exact) mass is 409 g/mol. The van der Waals surface area contributed by atoms with E-state index in [9.17, 15) is 0 Å². The Morgan fingerprint density at radius 2 is 1.81 bits per heavy atom. The lowest BCUT2D eigenvalue weighted by Crippen LogP contribution is -2.24. The quantitative estimate of drug-likeness (QED) is 0.634. The van der Waals surface area contributed by atoms with E-state index in [2.05, 4.69) is 93.5 Å². The highest BCUT2D eigenvalue weighted by molar-refractivity contribution is 9.10. The van der Waals surface area contributed by atoms with Crippen LogP contribution in [0, 0.1) is 6.92 Å². The van der Waals surface area contributed by atoms with Gasteiger partial charge in [0.1, 0.15) is 0 Å².